The van der Waals surface area contributed by atoms with Crippen LogP contribution in [0.4, 0.5) is 5.82 Å². The molecule has 5 nitrogen and oxygen atoms in total. The lowest BCUT2D eigenvalue weighted by molar-refractivity contribution is 0.287. The third kappa shape index (κ3) is 4.25. The molecule has 0 saturated heterocycles. The molecule has 6 heteroatoms. The molecule has 1 N–H and O–H groups in total. The second kappa shape index (κ2) is 8.85. The van der Waals surface area contributed by atoms with E-state index in [0.717, 1.165) is 46.9 Å². The molecule has 3 aromatic rings. The van der Waals surface area contributed by atoms with Gasteiger partial charge in [0.25, 0.3) is 0 Å². The minimum Gasteiger partial charge on any atom is -0.490 e. The Morgan fingerprint density at radius 2 is 1.81 bits per heavy atom. The Balaban J connectivity index is 1.68. The van der Waals surface area contributed by atoms with Crippen LogP contribution in [0.3, 0.4) is 0 Å². The van der Waals surface area contributed by atoms with E-state index < -0.39 is 0 Å². The van der Waals surface area contributed by atoms with E-state index in [9.17, 15) is 0 Å². The maximum absolute atomic E-state index is 5.70. The van der Waals surface area contributed by atoms with E-state index in [0.29, 0.717) is 13.2 Å². The van der Waals surface area contributed by atoms with Crippen LogP contribution < -0.4 is 14.8 Å². The normalized spacial score (nSPS) is 10.9. The molecule has 138 valence electrons. The van der Waals surface area contributed by atoms with Gasteiger partial charge in [0.05, 0.1) is 18.6 Å². The average molecular weight is 372 g/mol. The topological polar surface area (TPSA) is 56.3 Å². The molecule has 0 aliphatic heterocycles. The van der Waals surface area contributed by atoms with Gasteiger partial charge in [0.1, 0.15) is 17.0 Å². The van der Waals surface area contributed by atoms with E-state index in [-0.39, 0.29) is 0 Å². The van der Waals surface area contributed by atoms with E-state index in [2.05, 4.69) is 40.4 Å². The van der Waals surface area contributed by atoms with Gasteiger partial charge in [-0.3, -0.25) is 0 Å². The summed E-state index contributed by atoms with van der Waals surface area (Å²) in [6.45, 7) is 8.17. The molecule has 0 spiro atoms. The van der Waals surface area contributed by atoms with Gasteiger partial charge in [-0.05, 0) is 50.5 Å². The quantitative estimate of drug-likeness (QED) is 0.590. The average Bonchev–Trinajstić information content (AvgIpc) is 3.08. The maximum Gasteiger partial charge on any atom is 0.161 e. The molecule has 0 bridgehead atoms. The van der Waals surface area contributed by atoms with Crippen molar-refractivity contribution < 1.29 is 9.47 Å². The Hall–Kier alpha value is -2.34. The van der Waals surface area contributed by atoms with Crippen molar-refractivity contribution in [1.82, 2.24) is 9.97 Å². The van der Waals surface area contributed by atoms with Gasteiger partial charge in [-0.1, -0.05) is 13.0 Å². The fourth-order valence-electron chi connectivity index (χ4n) is 2.80. The highest BCUT2D eigenvalue weighted by Crippen LogP contribution is 2.30. The van der Waals surface area contributed by atoms with Crippen LogP contribution in [0.15, 0.2) is 30.6 Å². The number of benzene rings is 1. The summed E-state index contributed by atoms with van der Waals surface area (Å²) in [6.07, 6.45) is 3.53. The fraction of sp³-hybridized carbons (Fsp3) is 0.400. The first-order chi connectivity index (χ1) is 12.7. The van der Waals surface area contributed by atoms with Crippen LogP contribution in [0.5, 0.6) is 11.5 Å². The summed E-state index contributed by atoms with van der Waals surface area (Å²) in [6, 6.07) is 8.32. The zero-order valence-electron chi connectivity index (χ0n) is 15.5. The molecule has 0 aliphatic rings. The summed E-state index contributed by atoms with van der Waals surface area (Å²) >= 11 is 1.73. The van der Waals surface area contributed by atoms with E-state index >= 15 is 0 Å². The minimum absolute atomic E-state index is 0.624. The summed E-state index contributed by atoms with van der Waals surface area (Å²) in [5, 5.41) is 4.56. The molecule has 0 unspecified atom stereocenters. The molecular weight excluding hydrogens is 346 g/mol. The van der Waals surface area contributed by atoms with Gasteiger partial charge >= 0.3 is 0 Å². The monoisotopic (exact) mass is 371 g/mol. The Labute approximate surface area is 158 Å². The van der Waals surface area contributed by atoms with Crippen molar-refractivity contribution >= 4 is 27.4 Å². The first kappa shape index (κ1) is 18.5. The Bertz CT molecular complexity index is 863. The van der Waals surface area contributed by atoms with Crippen molar-refractivity contribution in [1.29, 1.82) is 0 Å². The molecule has 0 amide bonds. The molecule has 2 heterocycles. The minimum atomic E-state index is 0.624. The predicted molar refractivity (Wildman–Crippen MR) is 108 cm³/mol. The lowest BCUT2D eigenvalue weighted by atomic mass is 10.1. The summed E-state index contributed by atoms with van der Waals surface area (Å²) in [7, 11) is 0. The second-order valence-corrected chi connectivity index (χ2v) is 6.95. The van der Waals surface area contributed by atoms with E-state index in [1.807, 2.05) is 19.9 Å². The summed E-state index contributed by atoms with van der Waals surface area (Å²) in [4.78, 5) is 11.2. The highest BCUT2D eigenvalue weighted by atomic mass is 32.1. The number of rotatable bonds is 9. The van der Waals surface area contributed by atoms with Gasteiger partial charge in [0.2, 0.25) is 0 Å². The standard InChI is InChI=1S/C20H25N3O2S/c1-4-15-12-16-19(22-13-23-20(16)26-15)21-10-9-14-7-8-17(24-5-2)18(11-14)25-6-3/h7-8,11-13H,4-6,9-10H2,1-3H3,(H,21,22,23). The van der Waals surface area contributed by atoms with Crippen molar-refractivity contribution in [2.24, 2.45) is 0 Å². The zero-order chi connectivity index (χ0) is 18.4. The Morgan fingerprint density at radius 3 is 2.58 bits per heavy atom. The Morgan fingerprint density at radius 1 is 1.00 bits per heavy atom. The first-order valence-corrected chi connectivity index (χ1v) is 9.92. The molecule has 0 atom stereocenters. The van der Waals surface area contributed by atoms with Gasteiger partial charge in [-0.25, -0.2) is 9.97 Å². The second-order valence-electron chi connectivity index (χ2n) is 5.83. The van der Waals surface area contributed by atoms with Gasteiger partial charge in [-0.15, -0.1) is 11.3 Å². The molecule has 0 saturated carbocycles. The maximum atomic E-state index is 5.70. The lowest BCUT2D eigenvalue weighted by Gasteiger charge is -2.13. The van der Waals surface area contributed by atoms with E-state index in [1.165, 1.54) is 10.4 Å². The van der Waals surface area contributed by atoms with Crippen molar-refractivity contribution in [3.05, 3.63) is 41.0 Å². The number of thiophene rings is 1. The number of ether oxygens (including phenoxy) is 2. The number of nitrogens with one attached hydrogen (secondary N) is 1. The molecule has 26 heavy (non-hydrogen) atoms. The van der Waals surface area contributed by atoms with Crippen LogP contribution in [0.1, 0.15) is 31.2 Å². The van der Waals surface area contributed by atoms with Crippen molar-refractivity contribution in [3.63, 3.8) is 0 Å². The molecular formula is C20H25N3O2S. The van der Waals surface area contributed by atoms with Gasteiger partial charge in [0.15, 0.2) is 11.5 Å². The van der Waals surface area contributed by atoms with Crippen LogP contribution in [0, 0.1) is 0 Å². The molecule has 3 rings (SSSR count). The smallest absolute Gasteiger partial charge is 0.161 e. The van der Waals surface area contributed by atoms with Gasteiger partial charge in [0, 0.05) is 11.4 Å². The van der Waals surface area contributed by atoms with E-state index in [4.69, 9.17) is 9.47 Å². The van der Waals surface area contributed by atoms with E-state index in [1.54, 1.807) is 17.7 Å². The van der Waals surface area contributed by atoms with Gasteiger partial charge in [-0.2, -0.15) is 0 Å². The van der Waals surface area contributed by atoms with Crippen LogP contribution in [-0.4, -0.2) is 29.7 Å². The van der Waals surface area contributed by atoms with Crippen molar-refractivity contribution in [2.75, 3.05) is 25.1 Å². The van der Waals surface area contributed by atoms with Crippen molar-refractivity contribution in [3.8, 4) is 11.5 Å². The zero-order valence-corrected chi connectivity index (χ0v) is 16.4. The van der Waals surface area contributed by atoms with Gasteiger partial charge < -0.3 is 14.8 Å². The number of hydrogen-bond donors (Lipinski definition) is 1. The molecule has 2 aromatic heterocycles. The largest absolute Gasteiger partial charge is 0.490 e. The number of nitrogens with zero attached hydrogens (tertiary/aromatic N) is 2. The summed E-state index contributed by atoms with van der Waals surface area (Å²) in [5.74, 6) is 2.51. The van der Waals surface area contributed by atoms with Crippen LogP contribution in [0.25, 0.3) is 10.2 Å². The molecule has 0 fully saturated rings. The molecule has 0 aliphatic carbocycles. The Kier molecular flexibility index (Phi) is 6.28. The highest BCUT2D eigenvalue weighted by Gasteiger charge is 2.09. The fourth-order valence-corrected chi connectivity index (χ4v) is 3.73. The summed E-state index contributed by atoms with van der Waals surface area (Å²) in [5.41, 5.74) is 1.20. The number of hydrogen-bond acceptors (Lipinski definition) is 6. The number of aromatic nitrogens is 2. The third-order valence-corrected chi connectivity index (χ3v) is 5.23. The predicted octanol–water partition coefficient (Wildman–Crippen LogP) is 4.71. The van der Waals surface area contributed by atoms with Crippen LogP contribution >= 0.6 is 11.3 Å². The van der Waals surface area contributed by atoms with Crippen LogP contribution in [0.2, 0.25) is 0 Å². The molecule has 1 aromatic carbocycles. The first-order valence-electron chi connectivity index (χ1n) is 9.10. The number of aryl methyl sites for hydroxylation is 1. The third-order valence-electron chi connectivity index (χ3n) is 4.04. The number of anilines is 1. The van der Waals surface area contributed by atoms with Crippen LogP contribution in [-0.2, 0) is 12.8 Å². The highest BCUT2D eigenvalue weighted by molar-refractivity contribution is 7.18. The lowest BCUT2D eigenvalue weighted by Crippen LogP contribution is -2.07. The number of fused-ring (bicyclic) bond motifs is 1. The SMILES string of the molecule is CCOc1ccc(CCNc2ncnc3sc(CC)cc23)cc1OCC. The van der Waals surface area contributed by atoms with Crippen molar-refractivity contribution in [2.45, 2.75) is 33.6 Å². The molecule has 0 radical (unpaired) electrons. The summed E-state index contributed by atoms with van der Waals surface area (Å²) < 4.78 is 11.3.